The van der Waals surface area contributed by atoms with Crippen LogP contribution in [0.4, 0.5) is 0 Å². The van der Waals surface area contributed by atoms with Gasteiger partial charge in [0.25, 0.3) is 0 Å². The van der Waals surface area contributed by atoms with Gasteiger partial charge in [-0.3, -0.25) is 4.79 Å². The number of nitrogens with one attached hydrogen (secondary N) is 1. The van der Waals surface area contributed by atoms with Gasteiger partial charge in [0.15, 0.2) is 0 Å². The van der Waals surface area contributed by atoms with Crippen molar-refractivity contribution in [1.82, 2.24) is 5.32 Å². The molecule has 0 rings (SSSR count). The van der Waals surface area contributed by atoms with Gasteiger partial charge in [-0.25, -0.2) is 0 Å². The molecule has 0 aliphatic rings. The van der Waals surface area contributed by atoms with Crippen molar-refractivity contribution < 1.29 is 9.90 Å². The normalized spacial score (nSPS) is 14.1. The summed E-state index contributed by atoms with van der Waals surface area (Å²) in [5.41, 5.74) is -0.316. The Labute approximate surface area is 93.3 Å². The molecular formula is C12H25NO2. The van der Waals surface area contributed by atoms with E-state index < -0.39 is 0 Å². The standard InChI is InChI=1S/C12H25NO2/c1-9(2)6-12(4,5)11(15)13-7-10(3)8-14/h9-10,14H,6-8H2,1-5H3,(H,13,15). The molecule has 0 aliphatic heterocycles. The second-order valence-electron chi connectivity index (χ2n) is 5.48. The second kappa shape index (κ2) is 6.11. The van der Waals surface area contributed by atoms with Crippen molar-refractivity contribution in [2.45, 2.75) is 41.0 Å². The van der Waals surface area contributed by atoms with Crippen molar-refractivity contribution in [1.29, 1.82) is 0 Å². The van der Waals surface area contributed by atoms with Crippen molar-refractivity contribution in [2.75, 3.05) is 13.2 Å². The van der Waals surface area contributed by atoms with Gasteiger partial charge in [0.2, 0.25) is 5.91 Å². The molecule has 2 N–H and O–H groups in total. The summed E-state index contributed by atoms with van der Waals surface area (Å²) in [6.45, 7) is 10.7. The Balaban J connectivity index is 4.07. The van der Waals surface area contributed by atoms with Gasteiger partial charge in [-0.05, 0) is 18.3 Å². The molecule has 0 heterocycles. The van der Waals surface area contributed by atoms with E-state index in [1.807, 2.05) is 20.8 Å². The maximum absolute atomic E-state index is 11.8. The van der Waals surface area contributed by atoms with Gasteiger partial charge in [-0.1, -0.05) is 34.6 Å². The van der Waals surface area contributed by atoms with Gasteiger partial charge in [0, 0.05) is 18.6 Å². The lowest BCUT2D eigenvalue weighted by atomic mass is 9.83. The van der Waals surface area contributed by atoms with Gasteiger partial charge in [-0.2, -0.15) is 0 Å². The van der Waals surface area contributed by atoms with E-state index in [0.717, 1.165) is 6.42 Å². The molecule has 0 aliphatic carbocycles. The van der Waals surface area contributed by atoms with Gasteiger partial charge in [-0.15, -0.1) is 0 Å². The summed E-state index contributed by atoms with van der Waals surface area (Å²) in [7, 11) is 0. The minimum Gasteiger partial charge on any atom is -0.396 e. The Kier molecular flexibility index (Phi) is 5.88. The van der Waals surface area contributed by atoms with Crippen molar-refractivity contribution in [2.24, 2.45) is 17.3 Å². The van der Waals surface area contributed by atoms with Crippen LogP contribution < -0.4 is 5.32 Å². The zero-order valence-electron chi connectivity index (χ0n) is 10.6. The highest BCUT2D eigenvalue weighted by Crippen LogP contribution is 2.25. The number of amides is 1. The van der Waals surface area contributed by atoms with Crippen LogP contribution in [0.5, 0.6) is 0 Å². The number of rotatable bonds is 6. The predicted octanol–water partition coefficient (Wildman–Crippen LogP) is 1.80. The molecule has 0 saturated heterocycles. The molecule has 0 saturated carbocycles. The van der Waals surface area contributed by atoms with E-state index >= 15 is 0 Å². The molecule has 3 heteroatoms. The topological polar surface area (TPSA) is 49.3 Å². The molecule has 0 fully saturated rings. The van der Waals surface area contributed by atoms with Crippen LogP contribution in [0.3, 0.4) is 0 Å². The fourth-order valence-corrected chi connectivity index (χ4v) is 1.68. The van der Waals surface area contributed by atoms with Gasteiger partial charge in [0.1, 0.15) is 0 Å². The van der Waals surface area contributed by atoms with Crippen LogP contribution in [0.2, 0.25) is 0 Å². The molecule has 0 radical (unpaired) electrons. The fourth-order valence-electron chi connectivity index (χ4n) is 1.68. The van der Waals surface area contributed by atoms with Crippen molar-refractivity contribution >= 4 is 5.91 Å². The Morgan fingerprint density at radius 1 is 1.33 bits per heavy atom. The first kappa shape index (κ1) is 14.4. The summed E-state index contributed by atoms with van der Waals surface area (Å²) in [6, 6.07) is 0. The maximum atomic E-state index is 11.8. The van der Waals surface area contributed by atoms with Crippen LogP contribution in [0.1, 0.15) is 41.0 Å². The molecule has 1 unspecified atom stereocenters. The average molecular weight is 215 g/mol. The summed E-state index contributed by atoms with van der Waals surface area (Å²) < 4.78 is 0. The Morgan fingerprint density at radius 2 is 1.87 bits per heavy atom. The highest BCUT2D eigenvalue weighted by molar-refractivity contribution is 5.81. The van der Waals surface area contributed by atoms with Gasteiger partial charge < -0.3 is 10.4 Å². The minimum absolute atomic E-state index is 0.0801. The molecule has 1 amide bonds. The van der Waals surface area contributed by atoms with Gasteiger partial charge in [0.05, 0.1) is 0 Å². The third-order valence-electron chi connectivity index (χ3n) is 2.46. The number of aliphatic hydroxyl groups is 1. The zero-order chi connectivity index (χ0) is 12.1. The Hall–Kier alpha value is -0.570. The number of aliphatic hydroxyl groups excluding tert-OH is 1. The number of carbonyl (C=O) groups excluding carboxylic acids is 1. The lowest BCUT2D eigenvalue weighted by molar-refractivity contribution is -0.130. The van der Waals surface area contributed by atoms with Crippen molar-refractivity contribution in [3.8, 4) is 0 Å². The maximum Gasteiger partial charge on any atom is 0.225 e. The number of carbonyl (C=O) groups is 1. The summed E-state index contributed by atoms with van der Waals surface area (Å²) in [5, 5.41) is 11.7. The Morgan fingerprint density at radius 3 is 2.27 bits per heavy atom. The van der Waals surface area contributed by atoms with Gasteiger partial charge >= 0.3 is 0 Å². The Bertz CT molecular complexity index is 200. The fraction of sp³-hybridized carbons (Fsp3) is 0.917. The number of hydrogen-bond donors (Lipinski definition) is 2. The zero-order valence-corrected chi connectivity index (χ0v) is 10.6. The van der Waals surface area contributed by atoms with Crippen LogP contribution in [-0.4, -0.2) is 24.2 Å². The molecule has 0 spiro atoms. The summed E-state index contributed by atoms with van der Waals surface area (Å²) in [4.78, 5) is 11.8. The molecule has 1 atom stereocenters. The second-order valence-corrected chi connectivity index (χ2v) is 5.48. The smallest absolute Gasteiger partial charge is 0.225 e. The van der Waals surface area contributed by atoms with Crippen LogP contribution >= 0.6 is 0 Å². The highest BCUT2D eigenvalue weighted by atomic mass is 16.3. The van der Waals surface area contributed by atoms with E-state index in [1.165, 1.54) is 0 Å². The minimum atomic E-state index is -0.316. The van der Waals surface area contributed by atoms with Crippen molar-refractivity contribution in [3.05, 3.63) is 0 Å². The first-order valence-corrected chi connectivity index (χ1v) is 5.68. The summed E-state index contributed by atoms with van der Waals surface area (Å²) in [6.07, 6.45) is 0.881. The molecule has 90 valence electrons. The average Bonchev–Trinajstić information content (AvgIpc) is 2.11. The van der Waals surface area contributed by atoms with Crippen molar-refractivity contribution in [3.63, 3.8) is 0 Å². The molecule has 0 aromatic heterocycles. The van der Waals surface area contributed by atoms with Crippen LogP contribution in [-0.2, 0) is 4.79 Å². The summed E-state index contributed by atoms with van der Waals surface area (Å²) >= 11 is 0. The van der Waals surface area contributed by atoms with E-state index in [9.17, 15) is 4.79 Å². The van der Waals surface area contributed by atoms with E-state index in [0.29, 0.717) is 12.5 Å². The number of hydrogen-bond acceptors (Lipinski definition) is 2. The molecule has 0 aromatic rings. The van der Waals surface area contributed by atoms with E-state index in [2.05, 4.69) is 19.2 Å². The van der Waals surface area contributed by atoms with E-state index in [-0.39, 0.29) is 23.8 Å². The largest absolute Gasteiger partial charge is 0.396 e. The predicted molar refractivity (Wildman–Crippen MR) is 62.5 cm³/mol. The van der Waals surface area contributed by atoms with E-state index in [4.69, 9.17) is 5.11 Å². The third-order valence-corrected chi connectivity index (χ3v) is 2.46. The third kappa shape index (κ3) is 5.78. The van der Waals surface area contributed by atoms with Crippen LogP contribution in [0.15, 0.2) is 0 Å². The molecule has 15 heavy (non-hydrogen) atoms. The quantitative estimate of drug-likeness (QED) is 0.710. The SMILES string of the molecule is CC(C)CC(C)(C)C(=O)NCC(C)CO. The van der Waals surface area contributed by atoms with E-state index in [1.54, 1.807) is 0 Å². The molecule has 3 nitrogen and oxygen atoms in total. The highest BCUT2D eigenvalue weighted by Gasteiger charge is 2.28. The lowest BCUT2D eigenvalue weighted by Crippen LogP contribution is -2.40. The monoisotopic (exact) mass is 215 g/mol. The summed E-state index contributed by atoms with van der Waals surface area (Å²) in [5.74, 6) is 0.723. The first-order valence-electron chi connectivity index (χ1n) is 5.68. The first-order chi connectivity index (χ1) is 6.79. The van der Waals surface area contributed by atoms with Crippen LogP contribution in [0.25, 0.3) is 0 Å². The molecule has 0 aromatic carbocycles. The lowest BCUT2D eigenvalue weighted by Gasteiger charge is -2.26. The molecular weight excluding hydrogens is 190 g/mol. The van der Waals surface area contributed by atoms with Crippen LogP contribution in [0, 0.1) is 17.3 Å². The molecule has 0 bridgehead atoms.